The second-order valence-corrected chi connectivity index (χ2v) is 6.16. The fourth-order valence-corrected chi connectivity index (χ4v) is 2.90. The normalized spacial score (nSPS) is 10.7. The summed E-state index contributed by atoms with van der Waals surface area (Å²) in [6, 6.07) is 22.0. The van der Waals surface area contributed by atoms with Gasteiger partial charge in [0, 0.05) is 28.8 Å². The van der Waals surface area contributed by atoms with Crippen molar-refractivity contribution in [2.75, 3.05) is 5.32 Å². The van der Waals surface area contributed by atoms with Gasteiger partial charge in [0.1, 0.15) is 5.82 Å². The van der Waals surface area contributed by atoms with Gasteiger partial charge in [0.2, 0.25) is 0 Å². The molecule has 0 fully saturated rings. The molecule has 4 aromatic rings. The van der Waals surface area contributed by atoms with Gasteiger partial charge >= 0.3 is 0 Å². The van der Waals surface area contributed by atoms with Crippen LogP contribution in [-0.2, 0) is 0 Å². The van der Waals surface area contributed by atoms with E-state index in [4.69, 9.17) is 0 Å². The topological polar surface area (TPSA) is 81.0 Å². The maximum absolute atomic E-state index is 11.1. The van der Waals surface area contributed by atoms with Crippen LogP contribution < -0.4 is 5.32 Å². The fourth-order valence-electron chi connectivity index (χ4n) is 2.90. The summed E-state index contributed by atoms with van der Waals surface area (Å²) in [5, 5.41) is 15.4. The number of aryl methyl sites for hydroxylation is 1. The van der Waals surface area contributed by atoms with Gasteiger partial charge in [-0.15, -0.1) is 0 Å². The van der Waals surface area contributed by atoms with Gasteiger partial charge in [-0.25, -0.2) is 9.97 Å². The second kappa shape index (κ2) is 6.84. The van der Waals surface area contributed by atoms with E-state index in [1.54, 1.807) is 12.1 Å². The Bertz CT molecular complexity index is 1160. The zero-order chi connectivity index (χ0) is 18.8. The van der Waals surface area contributed by atoms with Crippen LogP contribution in [0.15, 0.2) is 72.8 Å². The average Bonchev–Trinajstić information content (AvgIpc) is 2.69. The molecule has 0 atom stereocenters. The number of rotatable bonds is 4. The van der Waals surface area contributed by atoms with Crippen molar-refractivity contribution in [3.63, 3.8) is 0 Å². The minimum Gasteiger partial charge on any atom is -0.339 e. The lowest BCUT2D eigenvalue weighted by Gasteiger charge is -2.12. The highest BCUT2D eigenvalue weighted by atomic mass is 16.6. The van der Waals surface area contributed by atoms with E-state index in [0.717, 1.165) is 22.2 Å². The summed E-state index contributed by atoms with van der Waals surface area (Å²) in [5.41, 5.74) is 3.42. The average molecular weight is 356 g/mol. The van der Waals surface area contributed by atoms with E-state index in [-0.39, 0.29) is 5.69 Å². The Morgan fingerprint density at radius 2 is 1.70 bits per heavy atom. The van der Waals surface area contributed by atoms with Crippen molar-refractivity contribution < 1.29 is 4.92 Å². The minimum atomic E-state index is -0.420. The standard InChI is InChI=1S/C21H16N4O2/c1-14-7-2-4-11-18(14)22-21-17-10-3-5-12-19(17)23-20(24-21)15-8-6-9-16(13-15)25(26)27/h2-13H,1H3,(H,22,23,24). The molecule has 0 radical (unpaired) electrons. The van der Waals surface area contributed by atoms with Gasteiger partial charge in [0.15, 0.2) is 5.82 Å². The number of para-hydroxylation sites is 2. The van der Waals surface area contributed by atoms with Crippen LogP contribution in [0.5, 0.6) is 0 Å². The molecule has 1 aromatic heterocycles. The monoisotopic (exact) mass is 356 g/mol. The molecule has 132 valence electrons. The zero-order valence-electron chi connectivity index (χ0n) is 14.6. The van der Waals surface area contributed by atoms with E-state index in [9.17, 15) is 10.1 Å². The molecule has 0 aliphatic heterocycles. The summed E-state index contributed by atoms with van der Waals surface area (Å²) in [6.45, 7) is 2.02. The maximum atomic E-state index is 11.1. The molecule has 1 N–H and O–H groups in total. The molecule has 0 saturated heterocycles. The predicted octanol–water partition coefficient (Wildman–Crippen LogP) is 5.26. The molecule has 4 rings (SSSR count). The van der Waals surface area contributed by atoms with Crippen molar-refractivity contribution in [1.29, 1.82) is 0 Å². The Morgan fingerprint density at radius 1 is 0.926 bits per heavy atom. The highest BCUT2D eigenvalue weighted by Gasteiger charge is 2.13. The van der Waals surface area contributed by atoms with Gasteiger partial charge in [-0.3, -0.25) is 10.1 Å². The van der Waals surface area contributed by atoms with E-state index < -0.39 is 4.92 Å². The van der Waals surface area contributed by atoms with E-state index in [1.165, 1.54) is 12.1 Å². The zero-order valence-corrected chi connectivity index (χ0v) is 14.6. The molecular weight excluding hydrogens is 340 g/mol. The molecule has 6 nitrogen and oxygen atoms in total. The number of hydrogen-bond donors (Lipinski definition) is 1. The highest BCUT2D eigenvalue weighted by Crippen LogP contribution is 2.29. The first-order chi connectivity index (χ1) is 13.1. The van der Waals surface area contributed by atoms with Crippen LogP contribution in [0.1, 0.15) is 5.56 Å². The van der Waals surface area contributed by atoms with Gasteiger partial charge in [0.05, 0.1) is 10.4 Å². The number of fused-ring (bicyclic) bond motifs is 1. The first-order valence-electron chi connectivity index (χ1n) is 8.46. The summed E-state index contributed by atoms with van der Waals surface area (Å²) in [7, 11) is 0. The van der Waals surface area contributed by atoms with Gasteiger partial charge in [-0.2, -0.15) is 0 Å². The smallest absolute Gasteiger partial charge is 0.270 e. The first-order valence-corrected chi connectivity index (χ1v) is 8.46. The molecule has 0 unspecified atom stereocenters. The molecule has 3 aromatic carbocycles. The van der Waals surface area contributed by atoms with Crippen molar-refractivity contribution in [1.82, 2.24) is 9.97 Å². The Morgan fingerprint density at radius 3 is 2.52 bits per heavy atom. The Hall–Kier alpha value is -3.80. The lowest BCUT2D eigenvalue weighted by Crippen LogP contribution is -2.00. The summed E-state index contributed by atoms with van der Waals surface area (Å²) in [5.74, 6) is 1.10. The number of benzene rings is 3. The van der Waals surface area contributed by atoms with Crippen molar-refractivity contribution in [2.24, 2.45) is 0 Å². The van der Waals surface area contributed by atoms with Crippen LogP contribution in [0.25, 0.3) is 22.3 Å². The van der Waals surface area contributed by atoms with Crippen LogP contribution >= 0.6 is 0 Å². The van der Waals surface area contributed by atoms with Crippen molar-refractivity contribution in [3.8, 4) is 11.4 Å². The SMILES string of the molecule is Cc1ccccc1Nc1nc(-c2cccc([N+](=O)[O-])c2)nc2ccccc12. The number of nitrogens with zero attached hydrogens (tertiary/aromatic N) is 3. The summed E-state index contributed by atoms with van der Waals surface area (Å²) in [4.78, 5) is 19.9. The summed E-state index contributed by atoms with van der Waals surface area (Å²) < 4.78 is 0. The summed E-state index contributed by atoms with van der Waals surface area (Å²) in [6.07, 6.45) is 0. The third kappa shape index (κ3) is 3.32. The first kappa shape index (κ1) is 16.7. The number of nitrogens with one attached hydrogen (secondary N) is 1. The van der Waals surface area contributed by atoms with Gasteiger partial charge in [-0.05, 0) is 30.7 Å². The Balaban J connectivity index is 1.87. The van der Waals surface area contributed by atoms with Gasteiger partial charge in [0.25, 0.3) is 5.69 Å². The van der Waals surface area contributed by atoms with Crippen LogP contribution in [0.3, 0.4) is 0 Å². The molecule has 0 aliphatic carbocycles. The Labute approximate surface area is 155 Å². The highest BCUT2D eigenvalue weighted by molar-refractivity contribution is 5.92. The van der Waals surface area contributed by atoms with Crippen LogP contribution in [0.4, 0.5) is 17.2 Å². The fraction of sp³-hybridized carbons (Fsp3) is 0.0476. The molecule has 27 heavy (non-hydrogen) atoms. The molecule has 0 saturated carbocycles. The van der Waals surface area contributed by atoms with Gasteiger partial charge in [-0.1, -0.05) is 42.5 Å². The summed E-state index contributed by atoms with van der Waals surface area (Å²) >= 11 is 0. The quantitative estimate of drug-likeness (QED) is 0.398. The van der Waals surface area contributed by atoms with E-state index in [2.05, 4.69) is 15.3 Å². The minimum absolute atomic E-state index is 0.0117. The van der Waals surface area contributed by atoms with E-state index in [1.807, 2.05) is 55.5 Å². The van der Waals surface area contributed by atoms with Crippen LogP contribution in [0, 0.1) is 17.0 Å². The third-order valence-corrected chi connectivity index (χ3v) is 4.32. The molecule has 0 aliphatic rings. The number of nitro groups is 1. The molecule has 1 heterocycles. The number of nitro benzene ring substituents is 1. The van der Waals surface area contributed by atoms with Crippen molar-refractivity contribution in [3.05, 3.63) is 88.5 Å². The lowest BCUT2D eigenvalue weighted by molar-refractivity contribution is -0.384. The van der Waals surface area contributed by atoms with E-state index in [0.29, 0.717) is 17.2 Å². The molecule has 0 amide bonds. The van der Waals surface area contributed by atoms with Gasteiger partial charge < -0.3 is 5.32 Å². The molecule has 6 heteroatoms. The van der Waals surface area contributed by atoms with Crippen LogP contribution in [0.2, 0.25) is 0 Å². The maximum Gasteiger partial charge on any atom is 0.270 e. The third-order valence-electron chi connectivity index (χ3n) is 4.32. The lowest BCUT2D eigenvalue weighted by atomic mass is 10.1. The number of non-ortho nitro benzene ring substituents is 1. The number of anilines is 2. The number of hydrogen-bond acceptors (Lipinski definition) is 5. The Kier molecular flexibility index (Phi) is 4.22. The second-order valence-electron chi connectivity index (χ2n) is 6.16. The van der Waals surface area contributed by atoms with E-state index >= 15 is 0 Å². The van der Waals surface area contributed by atoms with Crippen molar-refractivity contribution in [2.45, 2.75) is 6.92 Å². The predicted molar refractivity (Wildman–Crippen MR) is 106 cm³/mol. The molecular formula is C21H16N4O2. The molecule has 0 spiro atoms. The van der Waals surface area contributed by atoms with Crippen molar-refractivity contribution >= 4 is 28.1 Å². The number of aromatic nitrogens is 2. The van der Waals surface area contributed by atoms with Crippen LogP contribution in [-0.4, -0.2) is 14.9 Å². The largest absolute Gasteiger partial charge is 0.339 e. The molecule has 0 bridgehead atoms.